The molecule has 0 saturated heterocycles. The van der Waals surface area contributed by atoms with E-state index in [1.54, 1.807) is 0 Å². The van der Waals surface area contributed by atoms with Crippen molar-refractivity contribution < 1.29 is 26.8 Å². The van der Waals surface area contributed by atoms with Crippen molar-refractivity contribution in [3.05, 3.63) is 45.5 Å². The number of hydrogen-bond acceptors (Lipinski definition) is 1. The molecule has 1 aromatic rings. The molecule has 0 fully saturated rings. The van der Waals surface area contributed by atoms with Gasteiger partial charge in [0, 0.05) is 32.7 Å². The summed E-state index contributed by atoms with van der Waals surface area (Å²) in [6, 6.07) is 4.34. The van der Waals surface area contributed by atoms with Crippen LogP contribution in [-0.2, 0) is 21.7 Å². The van der Waals surface area contributed by atoms with Crippen molar-refractivity contribution in [1.82, 2.24) is 0 Å². The number of rotatable bonds is 3. The van der Waals surface area contributed by atoms with Crippen LogP contribution in [0.15, 0.2) is 28.9 Å². The molecule has 2 rings (SSSR count). The van der Waals surface area contributed by atoms with Gasteiger partial charge in [-0.2, -0.15) is 0 Å². The quantitative estimate of drug-likeness (QED) is 0.486. The molecular weight excluding hydrogens is 399 g/mol. The van der Waals surface area contributed by atoms with Gasteiger partial charge < -0.3 is 5.11 Å². The fourth-order valence-electron chi connectivity index (χ4n) is 4.03. The molecule has 0 amide bonds. The summed E-state index contributed by atoms with van der Waals surface area (Å²) in [7, 11) is 0. The van der Waals surface area contributed by atoms with Crippen LogP contribution in [0.5, 0.6) is 5.75 Å². The second kappa shape index (κ2) is 9.83. The maximum atomic E-state index is 10.9. The Hall–Kier alpha value is -0.206. The Balaban J connectivity index is 0. The van der Waals surface area contributed by atoms with Gasteiger partial charge in [0.25, 0.3) is 0 Å². The normalized spacial score (nSPS) is 15.8. The van der Waals surface area contributed by atoms with Crippen LogP contribution in [0.4, 0.5) is 0 Å². The Bertz CT molecular complexity index is 713. The van der Waals surface area contributed by atoms with Crippen LogP contribution in [0.25, 0.3) is 5.57 Å². The van der Waals surface area contributed by atoms with Crippen molar-refractivity contribution in [2.24, 2.45) is 5.41 Å². The van der Waals surface area contributed by atoms with E-state index in [1.807, 2.05) is 0 Å². The smallest absolute Gasteiger partial charge is 0.123 e. The molecule has 1 aromatic carbocycles. The molecule has 1 nitrogen and oxygen atoms in total. The van der Waals surface area contributed by atoms with Crippen molar-refractivity contribution in [3.8, 4) is 5.75 Å². The predicted octanol–water partition coefficient (Wildman–Crippen LogP) is 7.63. The van der Waals surface area contributed by atoms with E-state index >= 15 is 0 Å². The number of allylic oxidation sites excluding steroid dienone is 4. The van der Waals surface area contributed by atoms with Gasteiger partial charge in [-0.05, 0) is 60.5 Å². The Morgan fingerprint density at radius 1 is 0.846 bits per heavy atom. The summed E-state index contributed by atoms with van der Waals surface area (Å²) >= 11 is 0. The third-order valence-electron chi connectivity index (χ3n) is 5.78. The standard InChI is InChI=1S/C22H32O.2ClH.Ti/c1-12(2)17-10-11-18(19(13(3)4)21(17)23)20-15(6)14(5)16(7)22(20,8)9;;;/h10-13,23H,1-9H3;2*1H;. The minimum atomic E-state index is 0. The summed E-state index contributed by atoms with van der Waals surface area (Å²) < 4.78 is 0. The van der Waals surface area contributed by atoms with Crippen LogP contribution in [0, 0.1) is 5.41 Å². The zero-order valence-electron chi connectivity index (χ0n) is 17.6. The van der Waals surface area contributed by atoms with E-state index in [4.69, 9.17) is 0 Å². The third-order valence-corrected chi connectivity index (χ3v) is 5.78. The van der Waals surface area contributed by atoms with Crippen LogP contribution in [-0.4, -0.2) is 5.11 Å². The van der Waals surface area contributed by atoms with Gasteiger partial charge >= 0.3 is 0 Å². The van der Waals surface area contributed by atoms with Crippen molar-refractivity contribution in [2.75, 3.05) is 0 Å². The van der Waals surface area contributed by atoms with Gasteiger partial charge in [-0.1, -0.05) is 59.2 Å². The average Bonchev–Trinajstić information content (AvgIpc) is 2.58. The maximum absolute atomic E-state index is 10.9. The topological polar surface area (TPSA) is 20.2 Å². The number of halogens is 2. The van der Waals surface area contributed by atoms with E-state index in [0.717, 1.165) is 11.1 Å². The molecule has 0 atom stereocenters. The summed E-state index contributed by atoms with van der Waals surface area (Å²) in [4.78, 5) is 0. The molecule has 1 aliphatic carbocycles. The van der Waals surface area contributed by atoms with Crippen molar-refractivity contribution in [3.63, 3.8) is 0 Å². The van der Waals surface area contributed by atoms with E-state index in [1.165, 1.54) is 27.9 Å². The van der Waals surface area contributed by atoms with Crippen LogP contribution in [0.2, 0.25) is 0 Å². The van der Waals surface area contributed by atoms with Gasteiger partial charge in [0.2, 0.25) is 0 Å². The molecular formula is C22H34Cl2OTi. The summed E-state index contributed by atoms with van der Waals surface area (Å²) in [5.41, 5.74) is 8.96. The number of phenolic OH excluding ortho intramolecular Hbond substituents is 1. The monoisotopic (exact) mass is 432 g/mol. The Labute approximate surface area is 187 Å². The van der Waals surface area contributed by atoms with Gasteiger partial charge in [-0.3, -0.25) is 0 Å². The SMILES string of the molecule is CC1=C(C)C(C)(C)C(c2ccc(C(C)C)c(O)c2C(C)C)=C1C.Cl.Cl.[Ti]. The van der Waals surface area contributed by atoms with Gasteiger partial charge in [0.15, 0.2) is 0 Å². The average molecular weight is 433 g/mol. The largest absolute Gasteiger partial charge is 0.507 e. The van der Waals surface area contributed by atoms with Crippen molar-refractivity contribution in [2.45, 2.75) is 74.1 Å². The zero-order chi connectivity index (χ0) is 17.7. The molecule has 0 bridgehead atoms. The Kier molecular flexibility index (Phi) is 10.6. The Morgan fingerprint density at radius 3 is 1.69 bits per heavy atom. The van der Waals surface area contributed by atoms with Crippen LogP contribution in [0.3, 0.4) is 0 Å². The van der Waals surface area contributed by atoms with Crippen LogP contribution >= 0.6 is 24.8 Å². The fourth-order valence-corrected chi connectivity index (χ4v) is 4.03. The zero-order valence-corrected chi connectivity index (χ0v) is 20.8. The summed E-state index contributed by atoms with van der Waals surface area (Å²) in [5, 5.41) is 10.9. The van der Waals surface area contributed by atoms with E-state index in [0.29, 0.717) is 17.6 Å². The van der Waals surface area contributed by atoms with Crippen molar-refractivity contribution in [1.29, 1.82) is 0 Å². The summed E-state index contributed by atoms with van der Waals surface area (Å²) in [6.45, 7) is 19.9. The molecule has 0 unspecified atom stereocenters. The van der Waals surface area contributed by atoms with E-state index in [9.17, 15) is 5.11 Å². The first-order valence-electron chi connectivity index (χ1n) is 8.77. The number of benzene rings is 1. The number of aromatic hydroxyl groups is 1. The van der Waals surface area contributed by atoms with E-state index < -0.39 is 0 Å². The first kappa shape index (κ1) is 28.0. The van der Waals surface area contributed by atoms with Gasteiger partial charge in [0.05, 0.1) is 0 Å². The van der Waals surface area contributed by atoms with E-state index in [2.05, 4.69) is 74.4 Å². The molecule has 0 heterocycles. The second-order valence-corrected chi connectivity index (χ2v) is 8.15. The third kappa shape index (κ3) is 4.44. The predicted molar refractivity (Wildman–Crippen MR) is 116 cm³/mol. The molecule has 4 heteroatoms. The minimum Gasteiger partial charge on any atom is -0.507 e. The Morgan fingerprint density at radius 2 is 1.35 bits per heavy atom. The number of hydrogen-bond donors (Lipinski definition) is 1. The van der Waals surface area contributed by atoms with Gasteiger partial charge in [0.1, 0.15) is 5.75 Å². The molecule has 0 aromatic heterocycles. The first-order chi connectivity index (χ1) is 10.5. The molecule has 26 heavy (non-hydrogen) atoms. The maximum Gasteiger partial charge on any atom is 0.123 e. The molecule has 0 aliphatic heterocycles. The van der Waals surface area contributed by atoms with Crippen LogP contribution in [0.1, 0.15) is 90.8 Å². The molecule has 0 spiro atoms. The van der Waals surface area contributed by atoms with Crippen molar-refractivity contribution >= 4 is 30.4 Å². The first-order valence-corrected chi connectivity index (χ1v) is 8.77. The van der Waals surface area contributed by atoms with Gasteiger partial charge in [-0.25, -0.2) is 0 Å². The summed E-state index contributed by atoms with van der Waals surface area (Å²) in [5.74, 6) is 1.11. The second-order valence-electron chi connectivity index (χ2n) is 8.15. The fraction of sp³-hybridized carbons (Fsp3) is 0.545. The summed E-state index contributed by atoms with van der Waals surface area (Å²) in [6.07, 6.45) is 0. The molecule has 1 N–H and O–H groups in total. The molecule has 0 radical (unpaired) electrons. The number of phenols is 1. The molecule has 0 saturated carbocycles. The van der Waals surface area contributed by atoms with Crippen LogP contribution < -0.4 is 0 Å². The van der Waals surface area contributed by atoms with E-state index in [-0.39, 0.29) is 51.9 Å². The molecule has 146 valence electrons. The molecule has 1 aliphatic rings. The van der Waals surface area contributed by atoms with Gasteiger partial charge in [-0.15, -0.1) is 24.8 Å². The minimum absolute atomic E-state index is 0.